The van der Waals surface area contributed by atoms with Crippen molar-refractivity contribution in [2.45, 2.75) is 52.1 Å². The van der Waals surface area contributed by atoms with Gasteiger partial charge in [-0.25, -0.2) is 4.79 Å². The van der Waals surface area contributed by atoms with Gasteiger partial charge in [-0.3, -0.25) is 9.79 Å². The zero-order chi connectivity index (χ0) is 20.0. The van der Waals surface area contributed by atoms with E-state index in [1.807, 2.05) is 13.8 Å². The molecule has 1 aliphatic rings. The normalized spacial score (nSPS) is 20.9. The molecule has 27 heavy (non-hydrogen) atoms. The van der Waals surface area contributed by atoms with E-state index in [0.29, 0.717) is 41.0 Å². The molecule has 2 atom stereocenters. The molecule has 8 nitrogen and oxygen atoms in total. The molecule has 0 bridgehead atoms. The Labute approximate surface area is 162 Å². The van der Waals surface area contributed by atoms with E-state index in [2.05, 4.69) is 15.5 Å². The third kappa shape index (κ3) is 5.12. The number of rotatable bonds is 8. The Morgan fingerprint density at radius 1 is 1.52 bits per heavy atom. The smallest absolute Gasteiger partial charge is 0.339 e. The molecule has 2 unspecified atom stereocenters. The molecule has 0 fully saturated rings. The van der Waals surface area contributed by atoms with Gasteiger partial charge in [0.15, 0.2) is 0 Å². The average Bonchev–Trinajstić information content (AvgIpc) is 3.04. The van der Waals surface area contributed by atoms with Crippen molar-refractivity contribution >= 4 is 28.4 Å². The lowest BCUT2D eigenvalue weighted by Gasteiger charge is -2.24. The van der Waals surface area contributed by atoms with Gasteiger partial charge in [-0.2, -0.15) is 0 Å². The highest BCUT2D eigenvalue weighted by atomic mass is 32.2. The second-order valence-corrected chi connectivity index (χ2v) is 7.39. The number of nitrogens with zero attached hydrogens (tertiary/aromatic N) is 2. The van der Waals surface area contributed by atoms with Gasteiger partial charge in [-0.15, -0.1) is 11.8 Å². The maximum Gasteiger partial charge on any atom is 0.339 e. The molecule has 1 aromatic heterocycles. The van der Waals surface area contributed by atoms with E-state index in [1.54, 1.807) is 19.9 Å². The highest BCUT2D eigenvalue weighted by Gasteiger charge is 2.40. The first-order chi connectivity index (χ1) is 12.8. The van der Waals surface area contributed by atoms with E-state index >= 15 is 0 Å². The van der Waals surface area contributed by atoms with Crippen LogP contribution in [0.3, 0.4) is 0 Å². The number of amides is 1. The topological polar surface area (TPSA) is 113 Å². The third-order valence-corrected chi connectivity index (χ3v) is 5.45. The van der Waals surface area contributed by atoms with E-state index in [0.717, 1.165) is 6.42 Å². The highest BCUT2D eigenvalue weighted by Crippen LogP contribution is 2.30. The number of nitrogens with one attached hydrogen (secondary N) is 1. The highest BCUT2D eigenvalue weighted by molar-refractivity contribution is 8.16. The Kier molecular flexibility index (Phi) is 7.06. The maximum atomic E-state index is 12.9. The molecule has 2 N–H and O–H groups in total. The molecule has 9 heteroatoms. The van der Waals surface area contributed by atoms with Crippen molar-refractivity contribution in [2.75, 3.05) is 12.4 Å². The van der Waals surface area contributed by atoms with Crippen LogP contribution in [0.15, 0.2) is 31.5 Å². The van der Waals surface area contributed by atoms with Crippen LogP contribution in [0, 0.1) is 0 Å². The van der Waals surface area contributed by atoms with Crippen LogP contribution >= 0.6 is 11.8 Å². The van der Waals surface area contributed by atoms with Gasteiger partial charge < -0.3 is 19.7 Å². The fourth-order valence-corrected chi connectivity index (χ4v) is 3.75. The van der Waals surface area contributed by atoms with Crippen LogP contribution in [0.5, 0.6) is 5.75 Å². The number of hydrogen-bond acceptors (Lipinski definition) is 8. The molecular formula is C18H25N3O5S. The monoisotopic (exact) mass is 395 g/mol. The van der Waals surface area contributed by atoms with E-state index in [-0.39, 0.29) is 5.91 Å². The Bertz CT molecular complexity index is 804. The summed E-state index contributed by atoms with van der Waals surface area (Å²) in [7, 11) is 0. The largest absolute Gasteiger partial charge is 0.493 e. The molecular weight excluding hydrogens is 370 g/mol. The van der Waals surface area contributed by atoms with Crippen LogP contribution in [-0.4, -0.2) is 39.8 Å². The number of carbonyl (C=O) groups excluding carboxylic acids is 1. The first kappa shape index (κ1) is 21.0. The van der Waals surface area contributed by atoms with Gasteiger partial charge in [0, 0.05) is 11.8 Å². The Balaban J connectivity index is 2.25. The predicted molar refractivity (Wildman–Crippen MR) is 105 cm³/mol. The summed E-state index contributed by atoms with van der Waals surface area (Å²) in [5.74, 6) is 0.922. The summed E-state index contributed by atoms with van der Waals surface area (Å²) in [5, 5.41) is 15.5. The van der Waals surface area contributed by atoms with Gasteiger partial charge in [0.2, 0.25) is 5.91 Å². The fourth-order valence-electron chi connectivity index (χ4n) is 2.62. The molecule has 1 aliphatic heterocycles. The lowest BCUT2D eigenvalue weighted by Crippen LogP contribution is -2.45. The van der Waals surface area contributed by atoms with Crippen LogP contribution in [0.4, 0.5) is 0 Å². The van der Waals surface area contributed by atoms with E-state index < -0.39 is 17.2 Å². The number of aliphatic imine (C=N–C) groups is 1. The van der Waals surface area contributed by atoms with Crippen molar-refractivity contribution in [1.82, 2.24) is 5.32 Å². The van der Waals surface area contributed by atoms with E-state index in [4.69, 9.17) is 14.4 Å². The summed E-state index contributed by atoms with van der Waals surface area (Å²) in [5.41, 5.74) is -1.14. The van der Waals surface area contributed by atoms with Gasteiger partial charge >= 0.3 is 5.63 Å². The number of ether oxygens (including phenoxy) is 1. The van der Waals surface area contributed by atoms with Crippen molar-refractivity contribution in [3.63, 3.8) is 0 Å². The standard InChI is InChI=1S/C18H25N3O5S/c1-5-7-13(14-8-12(25-6-2)9-15(22)26-14)19-17(23)18(4)10-27-16(20-18)11(3)21-24/h8-9,13,24H,5-7,10H2,1-4H3,(H,19,23)/b21-11+. The average molecular weight is 395 g/mol. The molecule has 0 saturated carbocycles. The number of oxime groups is 1. The molecule has 2 heterocycles. The van der Waals surface area contributed by atoms with Gasteiger partial charge in [0.25, 0.3) is 0 Å². The zero-order valence-electron chi connectivity index (χ0n) is 15.9. The SMILES string of the molecule is CCCC(NC(=O)C1(C)CSC(/C(C)=N/O)=N1)c1cc(OCC)cc(=O)o1. The molecule has 2 rings (SSSR count). The maximum absolute atomic E-state index is 12.9. The summed E-state index contributed by atoms with van der Waals surface area (Å²) in [4.78, 5) is 29.1. The van der Waals surface area contributed by atoms with E-state index in [1.165, 1.54) is 17.8 Å². The summed E-state index contributed by atoms with van der Waals surface area (Å²) >= 11 is 1.36. The van der Waals surface area contributed by atoms with E-state index in [9.17, 15) is 9.59 Å². The summed E-state index contributed by atoms with van der Waals surface area (Å²) in [6.07, 6.45) is 1.38. The van der Waals surface area contributed by atoms with Gasteiger partial charge in [0.05, 0.1) is 18.7 Å². The second kappa shape index (κ2) is 9.07. The molecule has 0 spiro atoms. The summed E-state index contributed by atoms with van der Waals surface area (Å²) in [6.45, 7) is 7.58. The second-order valence-electron chi connectivity index (χ2n) is 6.43. The van der Waals surface area contributed by atoms with Crippen LogP contribution < -0.4 is 15.7 Å². The van der Waals surface area contributed by atoms with Gasteiger partial charge in [-0.1, -0.05) is 18.5 Å². The van der Waals surface area contributed by atoms with Gasteiger partial charge in [0.1, 0.15) is 27.8 Å². The Morgan fingerprint density at radius 2 is 2.26 bits per heavy atom. The lowest BCUT2D eigenvalue weighted by atomic mass is 10.0. The zero-order valence-corrected chi connectivity index (χ0v) is 16.8. The van der Waals surface area contributed by atoms with Crippen LogP contribution in [0.2, 0.25) is 0 Å². The van der Waals surface area contributed by atoms with Gasteiger partial charge in [-0.05, 0) is 27.2 Å². The molecule has 0 radical (unpaired) electrons. The fraction of sp³-hybridized carbons (Fsp3) is 0.556. The summed E-state index contributed by atoms with van der Waals surface area (Å²) in [6, 6.07) is 2.44. The first-order valence-electron chi connectivity index (χ1n) is 8.83. The molecule has 1 amide bonds. The third-order valence-electron chi connectivity index (χ3n) is 4.09. The lowest BCUT2D eigenvalue weighted by molar-refractivity contribution is -0.125. The summed E-state index contributed by atoms with van der Waals surface area (Å²) < 4.78 is 10.7. The molecule has 0 aliphatic carbocycles. The van der Waals surface area contributed by atoms with Crippen LogP contribution in [0.1, 0.15) is 52.3 Å². The molecule has 1 aromatic rings. The molecule has 0 saturated heterocycles. The minimum atomic E-state index is -0.990. The minimum Gasteiger partial charge on any atom is -0.493 e. The minimum absolute atomic E-state index is 0.279. The molecule has 0 aromatic carbocycles. The quantitative estimate of drug-likeness (QED) is 0.397. The Hall–Kier alpha value is -2.29. The predicted octanol–water partition coefficient (Wildman–Crippen LogP) is 2.75. The van der Waals surface area contributed by atoms with Crippen LogP contribution in [0.25, 0.3) is 0 Å². The number of hydrogen-bond donors (Lipinski definition) is 2. The van der Waals surface area contributed by atoms with Crippen molar-refractivity contribution < 1.29 is 19.2 Å². The van der Waals surface area contributed by atoms with Crippen molar-refractivity contribution in [3.8, 4) is 5.75 Å². The van der Waals surface area contributed by atoms with Crippen molar-refractivity contribution in [3.05, 3.63) is 28.3 Å². The van der Waals surface area contributed by atoms with Crippen LogP contribution in [-0.2, 0) is 4.79 Å². The first-order valence-corrected chi connectivity index (χ1v) is 9.82. The molecule has 148 valence electrons. The van der Waals surface area contributed by atoms with Crippen molar-refractivity contribution in [2.24, 2.45) is 10.1 Å². The number of thioether (sulfide) groups is 1. The van der Waals surface area contributed by atoms with Crippen molar-refractivity contribution in [1.29, 1.82) is 0 Å². The Morgan fingerprint density at radius 3 is 2.89 bits per heavy atom. The number of carbonyl (C=O) groups is 1.